The molecule has 0 bridgehead atoms. The van der Waals surface area contributed by atoms with Crippen LogP contribution in [0.1, 0.15) is 26.7 Å². The Bertz CT molecular complexity index is 1050. The molecular formula is C26H32O5S. The first-order chi connectivity index (χ1) is 15.6. The van der Waals surface area contributed by atoms with Gasteiger partial charge in [0.25, 0.3) is 0 Å². The largest absolute Gasteiger partial charge is 0.507 e. The summed E-state index contributed by atoms with van der Waals surface area (Å²) < 4.78 is 23.7. The van der Waals surface area contributed by atoms with E-state index in [9.17, 15) is 5.11 Å². The summed E-state index contributed by atoms with van der Waals surface area (Å²) in [6.07, 6.45) is 4.05. The zero-order valence-electron chi connectivity index (χ0n) is 19.0. The Kier molecular flexibility index (Phi) is 7.79. The summed E-state index contributed by atoms with van der Waals surface area (Å²) in [7, 11) is 0. The molecule has 1 saturated heterocycles. The summed E-state index contributed by atoms with van der Waals surface area (Å²) in [5, 5.41) is 14.4. The molecule has 4 rings (SSSR count). The second-order valence-electron chi connectivity index (χ2n) is 8.13. The van der Waals surface area contributed by atoms with E-state index in [0.29, 0.717) is 25.6 Å². The second-order valence-corrected chi connectivity index (χ2v) is 9.01. The molecule has 1 aliphatic rings. The molecule has 0 aromatic heterocycles. The lowest BCUT2D eigenvalue weighted by molar-refractivity contribution is -0.0593. The van der Waals surface area contributed by atoms with Crippen molar-refractivity contribution >= 4 is 33.3 Å². The van der Waals surface area contributed by atoms with Crippen molar-refractivity contribution in [2.45, 2.75) is 49.9 Å². The van der Waals surface area contributed by atoms with Gasteiger partial charge >= 0.3 is 0 Å². The Hall–Kier alpha value is -1.99. The summed E-state index contributed by atoms with van der Waals surface area (Å²) in [5.74, 6) is 1.09. The molecule has 3 aromatic rings. The van der Waals surface area contributed by atoms with Crippen molar-refractivity contribution in [3.63, 3.8) is 0 Å². The van der Waals surface area contributed by atoms with Crippen molar-refractivity contribution in [1.29, 1.82) is 0 Å². The first-order valence-corrected chi connectivity index (χ1v) is 12.6. The lowest BCUT2D eigenvalue weighted by Gasteiger charge is -2.22. The highest BCUT2D eigenvalue weighted by atomic mass is 32.2. The third-order valence-electron chi connectivity index (χ3n) is 5.92. The van der Waals surface area contributed by atoms with E-state index in [-0.39, 0.29) is 18.3 Å². The number of aromatic hydroxyl groups is 1. The maximum Gasteiger partial charge on any atom is 0.135 e. The number of phenolic OH excluding ortho intramolecular Hbond substituents is 1. The molecule has 0 aliphatic carbocycles. The lowest BCUT2D eigenvalue weighted by atomic mass is 10.0. The molecule has 3 atom stereocenters. The minimum atomic E-state index is -0.0436. The quantitative estimate of drug-likeness (QED) is 0.211. The summed E-state index contributed by atoms with van der Waals surface area (Å²) in [6, 6.07) is 14.0. The van der Waals surface area contributed by atoms with Crippen LogP contribution in [0.5, 0.6) is 11.5 Å². The SMILES string of the molecule is CCC(COc1c2ccccc2c(O)c2cc(SC)ccc12)OCC(CC)OCC1CO1. The summed E-state index contributed by atoms with van der Waals surface area (Å²) in [5.41, 5.74) is 0. The lowest BCUT2D eigenvalue weighted by Crippen LogP contribution is -2.28. The molecule has 5 nitrogen and oxygen atoms in total. The number of fused-ring (bicyclic) bond motifs is 2. The first kappa shape index (κ1) is 23.2. The molecule has 1 aliphatic heterocycles. The molecule has 0 spiro atoms. The number of phenols is 1. The van der Waals surface area contributed by atoms with E-state index in [0.717, 1.165) is 51.6 Å². The predicted molar refractivity (Wildman–Crippen MR) is 130 cm³/mol. The van der Waals surface area contributed by atoms with E-state index in [1.165, 1.54) is 0 Å². The first-order valence-electron chi connectivity index (χ1n) is 11.3. The zero-order chi connectivity index (χ0) is 22.5. The maximum absolute atomic E-state index is 10.9. The molecule has 1 N–H and O–H groups in total. The highest BCUT2D eigenvalue weighted by Gasteiger charge is 2.24. The number of ether oxygens (including phenoxy) is 4. The van der Waals surface area contributed by atoms with Gasteiger partial charge in [-0.05, 0) is 37.3 Å². The van der Waals surface area contributed by atoms with Gasteiger partial charge in [0.15, 0.2) is 0 Å². The molecular weight excluding hydrogens is 424 g/mol. The van der Waals surface area contributed by atoms with Gasteiger partial charge in [0.05, 0.1) is 32.0 Å². The van der Waals surface area contributed by atoms with Gasteiger partial charge < -0.3 is 24.1 Å². The van der Waals surface area contributed by atoms with Crippen LogP contribution in [0.4, 0.5) is 0 Å². The van der Waals surface area contributed by atoms with Crippen LogP contribution in [0.2, 0.25) is 0 Å². The molecule has 1 fully saturated rings. The molecule has 0 radical (unpaired) electrons. The fraction of sp³-hybridized carbons (Fsp3) is 0.462. The maximum atomic E-state index is 10.9. The predicted octanol–water partition coefficient (Wildman–Crippen LogP) is 5.79. The summed E-state index contributed by atoms with van der Waals surface area (Å²) >= 11 is 1.65. The molecule has 3 unspecified atom stereocenters. The standard InChI is InChI=1S/C26H32O5S/c1-4-17(29-15-19-16-30-19)13-28-18(5-2)14-31-26-22-9-7-6-8-21(22)25(27)24-12-20(32-3)10-11-23(24)26/h6-12,17-19,27H,4-5,13-16H2,1-3H3. The normalized spacial score (nSPS) is 17.5. The smallest absolute Gasteiger partial charge is 0.135 e. The van der Waals surface area contributed by atoms with Crippen LogP contribution in [-0.2, 0) is 14.2 Å². The van der Waals surface area contributed by atoms with Gasteiger partial charge in [-0.15, -0.1) is 11.8 Å². The Balaban J connectivity index is 1.52. The average Bonchev–Trinajstić information content (AvgIpc) is 3.67. The monoisotopic (exact) mass is 456 g/mol. The highest BCUT2D eigenvalue weighted by molar-refractivity contribution is 7.98. The van der Waals surface area contributed by atoms with E-state index < -0.39 is 0 Å². The molecule has 32 heavy (non-hydrogen) atoms. The van der Waals surface area contributed by atoms with Crippen LogP contribution in [-0.4, -0.2) is 56.1 Å². The second kappa shape index (κ2) is 10.8. The van der Waals surface area contributed by atoms with Crippen molar-refractivity contribution in [1.82, 2.24) is 0 Å². The van der Waals surface area contributed by atoms with E-state index in [2.05, 4.69) is 19.9 Å². The Morgan fingerprint density at radius 1 is 0.969 bits per heavy atom. The van der Waals surface area contributed by atoms with Gasteiger partial charge in [-0.3, -0.25) is 0 Å². The Morgan fingerprint density at radius 2 is 1.66 bits per heavy atom. The van der Waals surface area contributed by atoms with Crippen molar-refractivity contribution in [2.24, 2.45) is 0 Å². The van der Waals surface area contributed by atoms with Gasteiger partial charge in [0, 0.05) is 26.4 Å². The number of thioether (sulfide) groups is 1. The molecule has 0 saturated carbocycles. The molecule has 1 heterocycles. The summed E-state index contributed by atoms with van der Waals surface area (Å²) in [6.45, 7) is 6.63. The van der Waals surface area contributed by atoms with Crippen molar-refractivity contribution in [3.05, 3.63) is 42.5 Å². The van der Waals surface area contributed by atoms with Crippen molar-refractivity contribution in [2.75, 3.05) is 32.7 Å². The van der Waals surface area contributed by atoms with Crippen LogP contribution in [0, 0.1) is 0 Å². The average molecular weight is 457 g/mol. The van der Waals surface area contributed by atoms with Gasteiger partial charge in [-0.2, -0.15) is 0 Å². The van der Waals surface area contributed by atoms with Crippen molar-refractivity contribution < 1.29 is 24.1 Å². The molecule has 0 amide bonds. The van der Waals surface area contributed by atoms with Crippen molar-refractivity contribution in [3.8, 4) is 11.5 Å². The van der Waals surface area contributed by atoms with Gasteiger partial charge in [-0.25, -0.2) is 0 Å². The number of epoxide rings is 1. The highest BCUT2D eigenvalue weighted by Crippen LogP contribution is 2.43. The van der Waals surface area contributed by atoms with Gasteiger partial charge in [0.2, 0.25) is 0 Å². The van der Waals surface area contributed by atoms with E-state index >= 15 is 0 Å². The minimum absolute atomic E-state index is 0.0436. The van der Waals surface area contributed by atoms with Crippen LogP contribution in [0.25, 0.3) is 21.5 Å². The van der Waals surface area contributed by atoms with E-state index in [4.69, 9.17) is 18.9 Å². The third kappa shape index (κ3) is 5.31. The van der Waals surface area contributed by atoms with Gasteiger partial charge in [-0.1, -0.05) is 38.1 Å². The summed E-state index contributed by atoms with van der Waals surface area (Å²) in [4.78, 5) is 1.10. The van der Waals surface area contributed by atoms with Crippen LogP contribution < -0.4 is 4.74 Å². The van der Waals surface area contributed by atoms with E-state index in [1.54, 1.807) is 11.8 Å². The number of hydrogen-bond donors (Lipinski definition) is 1. The third-order valence-corrected chi connectivity index (χ3v) is 6.64. The molecule has 172 valence electrons. The number of benzene rings is 3. The van der Waals surface area contributed by atoms with Crippen LogP contribution in [0.15, 0.2) is 47.4 Å². The Morgan fingerprint density at radius 3 is 2.34 bits per heavy atom. The molecule has 6 heteroatoms. The van der Waals surface area contributed by atoms with Crippen LogP contribution >= 0.6 is 11.8 Å². The van der Waals surface area contributed by atoms with Crippen LogP contribution in [0.3, 0.4) is 0 Å². The minimum Gasteiger partial charge on any atom is -0.507 e. The fourth-order valence-corrected chi connectivity index (χ4v) is 4.21. The van der Waals surface area contributed by atoms with E-state index in [1.807, 2.05) is 42.7 Å². The number of rotatable bonds is 12. The zero-order valence-corrected chi connectivity index (χ0v) is 19.8. The topological polar surface area (TPSA) is 60.5 Å². The molecule has 3 aromatic carbocycles. The number of hydrogen-bond acceptors (Lipinski definition) is 6. The fourth-order valence-electron chi connectivity index (χ4n) is 3.77. The Labute approximate surface area is 194 Å². The van der Waals surface area contributed by atoms with Gasteiger partial charge in [0.1, 0.15) is 24.2 Å².